The lowest BCUT2D eigenvalue weighted by Crippen LogP contribution is -2.10. The molecule has 1 nitrogen and oxygen atoms in total. The first-order chi connectivity index (χ1) is 10.2. The minimum absolute atomic E-state index is 0.480. The van der Waals surface area contributed by atoms with Crippen LogP contribution in [0.4, 0.5) is 0 Å². The van der Waals surface area contributed by atoms with Crippen LogP contribution in [0.5, 0.6) is 0 Å². The van der Waals surface area contributed by atoms with Gasteiger partial charge in [0.05, 0.1) is 0 Å². The van der Waals surface area contributed by atoms with Gasteiger partial charge in [0.25, 0.3) is 0 Å². The van der Waals surface area contributed by atoms with E-state index in [-0.39, 0.29) is 0 Å². The van der Waals surface area contributed by atoms with E-state index in [1.807, 2.05) is 0 Å². The molecule has 0 saturated heterocycles. The zero-order valence-corrected chi connectivity index (χ0v) is 16.4. The molecule has 0 N–H and O–H groups in total. The van der Waals surface area contributed by atoms with Gasteiger partial charge in [-0.25, -0.2) is 0 Å². The van der Waals surface area contributed by atoms with Gasteiger partial charge in [0, 0.05) is 6.61 Å². The Bertz CT molecular complexity index is 194. The van der Waals surface area contributed by atoms with Crippen molar-refractivity contribution < 1.29 is 4.43 Å². The third-order valence-electron chi connectivity index (χ3n) is 4.33. The molecule has 21 heavy (non-hydrogen) atoms. The molecule has 0 aliphatic heterocycles. The van der Waals surface area contributed by atoms with Crippen LogP contribution in [0, 0.1) is 5.92 Å². The maximum Gasteiger partial charge on any atom is 0.204 e. The van der Waals surface area contributed by atoms with E-state index >= 15 is 0 Å². The van der Waals surface area contributed by atoms with Crippen LogP contribution in [0.2, 0.25) is 13.1 Å². The van der Waals surface area contributed by atoms with Crippen LogP contribution in [0.15, 0.2) is 0 Å². The fourth-order valence-electron chi connectivity index (χ4n) is 2.96. The molecular formula is C19H41OSi. The first-order valence-electron chi connectivity index (χ1n) is 9.63. The van der Waals surface area contributed by atoms with Gasteiger partial charge in [-0.2, -0.15) is 0 Å². The van der Waals surface area contributed by atoms with Gasteiger partial charge >= 0.3 is 0 Å². The summed E-state index contributed by atoms with van der Waals surface area (Å²) in [7, 11) is -0.480. The molecule has 127 valence electrons. The lowest BCUT2D eigenvalue weighted by molar-refractivity contribution is 0.285. The lowest BCUT2D eigenvalue weighted by Gasteiger charge is -2.17. The smallest absolute Gasteiger partial charge is 0.204 e. The van der Waals surface area contributed by atoms with Gasteiger partial charge in [0.1, 0.15) is 0 Å². The molecule has 0 aromatic heterocycles. The first kappa shape index (κ1) is 21.2. The van der Waals surface area contributed by atoms with Crippen molar-refractivity contribution in [3.05, 3.63) is 0 Å². The molecule has 0 amide bonds. The van der Waals surface area contributed by atoms with E-state index < -0.39 is 9.04 Å². The van der Waals surface area contributed by atoms with Crippen molar-refractivity contribution >= 4 is 9.04 Å². The second-order valence-electron chi connectivity index (χ2n) is 6.82. The Labute approximate surface area is 137 Å². The maximum absolute atomic E-state index is 5.78. The van der Waals surface area contributed by atoms with Crippen LogP contribution in [-0.2, 0) is 4.43 Å². The average Bonchev–Trinajstić information content (AvgIpc) is 2.47. The second kappa shape index (κ2) is 16.5. The van der Waals surface area contributed by atoms with Gasteiger partial charge in [-0.3, -0.25) is 0 Å². The monoisotopic (exact) mass is 313 g/mol. The highest BCUT2D eigenvalue weighted by atomic mass is 28.3. The van der Waals surface area contributed by atoms with E-state index in [1.165, 1.54) is 83.5 Å². The molecule has 0 fully saturated rings. The molecule has 0 bridgehead atoms. The Morgan fingerprint density at radius 2 is 1.19 bits per heavy atom. The number of hydrogen-bond acceptors (Lipinski definition) is 1. The normalized spacial score (nSPS) is 13.0. The summed E-state index contributed by atoms with van der Waals surface area (Å²) < 4.78 is 5.78. The minimum Gasteiger partial charge on any atom is -0.417 e. The third kappa shape index (κ3) is 16.4. The standard InChI is InChI=1S/C19H41OSi/c1-5-7-9-10-11-12-13-16-19(15-8-6-2)17-14-18-20-21(3)4/h19H,5-18H2,1-4H3. The minimum atomic E-state index is -0.480. The van der Waals surface area contributed by atoms with Gasteiger partial charge in [-0.1, -0.05) is 84.5 Å². The molecule has 1 unspecified atom stereocenters. The van der Waals surface area contributed by atoms with E-state index in [9.17, 15) is 0 Å². The van der Waals surface area contributed by atoms with Gasteiger partial charge in [-0.15, -0.1) is 0 Å². The summed E-state index contributed by atoms with van der Waals surface area (Å²) in [5.41, 5.74) is 0. The topological polar surface area (TPSA) is 9.23 Å². The number of unbranched alkanes of at least 4 members (excludes halogenated alkanes) is 7. The SMILES string of the molecule is CCCCCCCCCC(CCCC)CCCO[Si](C)C. The Kier molecular flexibility index (Phi) is 16.7. The summed E-state index contributed by atoms with van der Waals surface area (Å²) in [5.74, 6) is 0.966. The highest BCUT2D eigenvalue weighted by Crippen LogP contribution is 2.22. The zero-order chi connectivity index (χ0) is 15.8. The second-order valence-corrected chi connectivity index (χ2v) is 8.92. The molecule has 0 aliphatic rings. The Balaban J connectivity index is 3.60. The van der Waals surface area contributed by atoms with Crippen LogP contribution in [0.25, 0.3) is 0 Å². The van der Waals surface area contributed by atoms with Crippen molar-refractivity contribution in [3.63, 3.8) is 0 Å². The molecule has 0 aromatic rings. The molecule has 0 saturated carbocycles. The van der Waals surface area contributed by atoms with Crippen molar-refractivity contribution in [1.29, 1.82) is 0 Å². The van der Waals surface area contributed by atoms with Crippen LogP contribution < -0.4 is 0 Å². The van der Waals surface area contributed by atoms with E-state index in [1.54, 1.807) is 0 Å². The number of rotatable bonds is 16. The van der Waals surface area contributed by atoms with Crippen LogP contribution in [-0.4, -0.2) is 15.6 Å². The van der Waals surface area contributed by atoms with Crippen LogP contribution in [0.3, 0.4) is 0 Å². The third-order valence-corrected chi connectivity index (χ3v) is 5.11. The quantitative estimate of drug-likeness (QED) is 0.220. The molecule has 0 aromatic carbocycles. The maximum atomic E-state index is 5.78. The van der Waals surface area contributed by atoms with E-state index in [2.05, 4.69) is 26.9 Å². The molecule has 1 atom stereocenters. The van der Waals surface area contributed by atoms with Crippen molar-refractivity contribution in [2.24, 2.45) is 5.92 Å². The molecule has 2 heteroatoms. The highest BCUT2D eigenvalue weighted by Gasteiger charge is 2.08. The highest BCUT2D eigenvalue weighted by molar-refractivity contribution is 6.48. The van der Waals surface area contributed by atoms with Crippen molar-refractivity contribution in [1.82, 2.24) is 0 Å². The molecule has 0 heterocycles. The van der Waals surface area contributed by atoms with E-state index in [4.69, 9.17) is 4.43 Å². The molecule has 0 spiro atoms. The zero-order valence-electron chi connectivity index (χ0n) is 15.4. The predicted molar refractivity (Wildman–Crippen MR) is 98.3 cm³/mol. The van der Waals surface area contributed by atoms with E-state index in [0.717, 1.165) is 12.5 Å². The van der Waals surface area contributed by atoms with Crippen LogP contribution >= 0.6 is 0 Å². The largest absolute Gasteiger partial charge is 0.417 e. The number of hydrogen-bond donors (Lipinski definition) is 0. The summed E-state index contributed by atoms with van der Waals surface area (Å²) >= 11 is 0. The predicted octanol–water partition coefficient (Wildman–Crippen LogP) is 6.98. The molecule has 0 rings (SSSR count). The average molecular weight is 314 g/mol. The summed E-state index contributed by atoms with van der Waals surface area (Å²) in [5, 5.41) is 0. The van der Waals surface area contributed by atoms with Crippen LogP contribution in [0.1, 0.15) is 97.3 Å². The fraction of sp³-hybridized carbons (Fsp3) is 1.00. The van der Waals surface area contributed by atoms with Crippen molar-refractivity contribution in [3.8, 4) is 0 Å². The first-order valence-corrected chi connectivity index (χ1v) is 12.0. The fourth-order valence-corrected chi connectivity index (χ4v) is 3.52. The van der Waals surface area contributed by atoms with Crippen molar-refractivity contribution in [2.45, 2.75) is 110 Å². The van der Waals surface area contributed by atoms with Gasteiger partial charge in [0.15, 0.2) is 0 Å². The van der Waals surface area contributed by atoms with Gasteiger partial charge in [-0.05, 0) is 31.9 Å². The Morgan fingerprint density at radius 1 is 0.667 bits per heavy atom. The Hall–Kier alpha value is 0.177. The summed E-state index contributed by atoms with van der Waals surface area (Å²) in [6, 6.07) is 0. The Morgan fingerprint density at radius 3 is 1.81 bits per heavy atom. The molecule has 1 radical (unpaired) electrons. The van der Waals surface area contributed by atoms with Crippen molar-refractivity contribution in [2.75, 3.05) is 6.61 Å². The lowest BCUT2D eigenvalue weighted by atomic mass is 9.91. The molecule has 0 aliphatic carbocycles. The summed E-state index contributed by atoms with van der Waals surface area (Å²) in [6.45, 7) is 10.1. The van der Waals surface area contributed by atoms with Gasteiger partial charge < -0.3 is 4.43 Å². The molecular weight excluding hydrogens is 272 g/mol. The summed E-state index contributed by atoms with van der Waals surface area (Å²) in [4.78, 5) is 0. The summed E-state index contributed by atoms with van der Waals surface area (Å²) in [6.07, 6.45) is 18.4. The van der Waals surface area contributed by atoms with E-state index in [0.29, 0.717) is 0 Å². The van der Waals surface area contributed by atoms with Gasteiger partial charge in [0.2, 0.25) is 9.04 Å².